The summed E-state index contributed by atoms with van der Waals surface area (Å²) in [5, 5.41) is 9.07. The monoisotopic (exact) mass is 323 g/mol. The number of carbonyl (C=O) groups is 2. The van der Waals surface area contributed by atoms with E-state index in [0.717, 1.165) is 0 Å². The number of ether oxygens (including phenoxy) is 2. The van der Waals surface area contributed by atoms with Crippen LogP contribution in [-0.4, -0.2) is 23.6 Å². The Bertz CT molecular complexity index is 597. The van der Waals surface area contributed by atoms with Gasteiger partial charge in [0, 0.05) is 18.9 Å². The van der Waals surface area contributed by atoms with E-state index in [4.69, 9.17) is 9.47 Å². The van der Waals surface area contributed by atoms with E-state index < -0.39 is 17.0 Å². The summed E-state index contributed by atoms with van der Waals surface area (Å²) in [6, 6.07) is 4.53. The second-order valence-corrected chi connectivity index (χ2v) is 4.49. The van der Waals surface area contributed by atoms with Crippen LogP contribution >= 0.6 is 0 Å². The van der Waals surface area contributed by atoms with Crippen LogP contribution in [0.15, 0.2) is 24.8 Å². The van der Waals surface area contributed by atoms with Crippen LogP contribution in [0.2, 0.25) is 0 Å². The van der Waals surface area contributed by atoms with Crippen molar-refractivity contribution in [2.24, 2.45) is 0 Å². The number of carbonyl (C=O) groups excluding carboxylic acids is 2. The lowest BCUT2D eigenvalue weighted by Gasteiger charge is -2.09. The number of hydrogen-bond donors (Lipinski definition) is 0. The minimum Gasteiger partial charge on any atom is -0.427 e. The standard InChI is InChI=1S/C15H17NO7/c1-3-12-10-13(7-8-14(12)22-11(2)17)23-15(18)6-4-5-9-21-16(19)20/h3,7-8,10H,1,4-6,9H2,2H3. The minimum absolute atomic E-state index is 0.0576. The highest BCUT2D eigenvalue weighted by Crippen LogP contribution is 2.25. The lowest BCUT2D eigenvalue weighted by atomic mass is 10.2. The summed E-state index contributed by atoms with van der Waals surface area (Å²) in [4.78, 5) is 36.7. The molecule has 0 saturated heterocycles. The summed E-state index contributed by atoms with van der Waals surface area (Å²) in [7, 11) is 0. The summed E-state index contributed by atoms with van der Waals surface area (Å²) < 4.78 is 10.1. The van der Waals surface area contributed by atoms with Gasteiger partial charge in [-0.15, -0.1) is 10.1 Å². The van der Waals surface area contributed by atoms with Crippen molar-refractivity contribution >= 4 is 18.0 Å². The maximum Gasteiger partial charge on any atom is 0.311 e. The fourth-order valence-electron chi connectivity index (χ4n) is 1.69. The molecule has 0 aromatic heterocycles. The molecule has 0 amide bonds. The molecule has 23 heavy (non-hydrogen) atoms. The summed E-state index contributed by atoms with van der Waals surface area (Å²) in [6.07, 6.45) is 2.37. The van der Waals surface area contributed by atoms with Gasteiger partial charge in [0.1, 0.15) is 11.5 Å². The quantitative estimate of drug-likeness (QED) is 0.226. The number of benzene rings is 1. The van der Waals surface area contributed by atoms with Gasteiger partial charge < -0.3 is 14.3 Å². The lowest BCUT2D eigenvalue weighted by molar-refractivity contribution is -0.757. The maximum atomic E-state index is 11.7. The van der Waals surface area contributed by atoms with Gasteiger partial charge in [0.15, 0.2) is 0 Å². The predicted octanol–water partition coefficient (Wildman–Crippen LogP) is 2.54. The zero-order valence-electron chi connectivity index (χ0n) is 12.6. The van der Waals surface area contributed by atoms with Crippen LogP contribution in [0.4, 0.5) is 0 Å². The molecule has 124 valence electrons. The van der Waals surface area contributed by atoms with E-state index in [9.17, 15) is 19.7 Å². The molecule has 0 spiro atoms. The van der Waals surface area contributed by atoms with Crippen molar-refractivity contribution in [3.05, 3.63) is 40.5 Å². The highest BCUT2D eigenvalue weighted by atomic mass is 16.9. The largest absolute Gasteiger partial charge is 0.427 e. The van der Waals surface area contributed by atoms with Gasteiger partial charge in [-0.05, 0) is 31.0 Å². The molecule has 0 aliphatic heterocycles. The van der Waals surface area contributed by atoms with Gasteiger partial charge in [0.25, 0.3) is 5.09 Å². The van der Waals surface area contributed by atoms with Crippen molar-refractivity contribution in [3.8, 4) is 11.5 Å². The second kappa shape index (κ2) is 9.19. The van der Waals surface area contributed by atoms with Crippen LogP contribution in [0.5, 0.6) is 11.5 Å². The Hall–Kier alpha value is -2.90. The van der Waals surface area contributed by atoms with Crippen molar-refractivity contribution in [3.63, 3.8) is 0 Å². The molecule has 0 atom stereocenters. The first kappa shape index (κ1) is 18.1. The highest BCUT2D eigenvalue weighted by Gasteiger charge is 2.09. The van der Waals surface area contributed by atoms with E-state index in [0.29, 0.717) is 29.9 Å². The molecule has 0 aliphatic carbocycles. The van der Waals surface area contributed by atoms with E-state index in [2.05, 4.69) is 11.4 Å². The van der Waals surface area contributed by atoms with Crippen LogP contribution in [0.1, 0.15) is 31.7 Å². The topological polar surface area (TPSA) is 105 Å². The SMILES string of the molecule is C=Cc1cc(OC(=O)CCCCO[N+](=O)[O-])ccc1OC(C)=O. The molecule has 8 nitrogen and oxygen atoms in total. The van der Waals surface area contributed by atoms with Crippen LogP contribution < -0.4 is 9.47 Å². The van der Waals surface area contributed by atoms with E-state index >= 15 is 0 Å². The molecule has 8 heteroatoms. The molecular weight excluding hydrogens is 306 g/mol. The van der Waals surface area contributed by atoms with Crippen LogP contribution in [-0.2, 0) is 14.4 Å². The van der Waals surface area contributed by atoms with Gasteiger partial charge in [-0.25, -0.2) is 0 Å². The zero-order chi connectivity index (χ0) is 17.2. The third-order valence-electron chi connectivity index (χ3n) is 2.66. The van der Waals surface area contributed by atoms with Gasteiger partial charge >= 0.3 is 11.9 Å². The molecule has 1 aromatic rings. The van der Waals surface area contributed by atoms with Crippen LogP contribution in [0.25, 0.3) is 6.08 Å². The Morgan fingerprint density at radius 1 is 1.30 bits per heavy atom. The van der Waals surface area contributed by atoms with Crippen molar-refractivity contribution in [2.75, 3.05) is 6.61 Å². The molecule has 0 bridgehead atoms. The lowest BCUT2D eigenvalue weighted by Crippen LogP contribution is -2.09. The maximum absolute atomic E-state index is 11.7. The highest BCUT2D eigenvalue weighted by molar-refractivity contribution is 5.74. The molecule has 1 aromatic carbocycles. The summed E-state index contributed by atoms with van der Waals surface area (Å²) in [5.74, 6) is -0.317. The first-order valence-corrected chi connectivity index (χ1v) is 6.85. The Kier molecular flexibility index (Phi) is 7.25. The number of nitrogens with zero attached hydrogens (tertiary/aromatic N) is 1. The predicted molar refractivity (Wildman–Crippen MR) is 80.3 cm³/mol. The normalized spacial score (nSPS) is 9.78. The number of hydrogen-bond acceptors (Lipinski definition) is 7. The molecule has 0 N–H and O–H groups in total. The Morgan fingerprint density at radius 2 is 2.04 bits per heavy atom. The smallest absolute Gasteiger partial charge is 0.311 e. The van der Waals surface area contributed by atoms with Gasteiger partial charge in [-0.1, -0.05) is 12.7 Å². The van der Waals surface area contributed by atoms with Crippen LogP contribution in [0.3, 0.4) is 0 Å². The van der Waals surface area contributed by atoms with Gasteiger partial charge in [0.05, 0.1) is 6.61 Å². The van der Waals surface area contributed by atoms with Crippen molar-refractivity contribution < 1.29 is 29.0 Å². The van der Waals surface area contributed by atoms with E-state index in [1.54, 1.807) is 0 Å². The Balaban J connectivity index is 2.50. The molecular formula is C15H17NO7. The van der Waals surface area contributed by atoms with Crippen molar-refractivity contribution in [1.82, 2.24) is 0 Å². The summed E-state index contributed by atoms with van der Waals surface area (Å²) in [6.45, 7) is 4.83. The second-order valence-electron chi connectivity index (χ2n) is 4.49. The number of rotatable bonds is 9. The van der Waals surface area contributed by atoms with Gasteiger partial charge in [0.2, 0.25) is 0 Å². The molecule has 0 unspecified atom stereocenters. The van der Waals surface area contributed by atoms with E-state index in [1.807, 2.05) is 0 Å². The number of esters is 2. The molecule has 0 fully saturated rings. The zero-order valence-corrected chi connectivity index (χ0v) is 12.6. The molecule has 0 aliphatic rings. The van der Waals surface area contributed by atoms with E-state index in [1.165, 1.54) is 31.2 Å². The third kappa shape index (κ3) is 7.07. The Morgan fingerprint density at radius 3 is 2.65 bits per heavy atom. The Labute approximate surface area is 132 Å². The first-order valence-electron chi connectivity index (χ1n) is 6.85. The summed E-state index contributed by atoms with van der Waals surface area (Å²) in [5.41, 5.74) is 0.518. The van der Waals surface area contributed by atoms with Crippen LogP contribution in [0, 0.1) is 10.1 Å². The van der Waals surface area contributed by atoms with Gasteiger partial charge in [-0.2, -0.15) is 0 Å². The minimum atomic E-state index is -0.875. The molecule has 0 radical (unpaired) electrons. The molecule has 0 saturated carbocycles. The average molecular weight is 323 g/mol. The number of unbranched alkanes of at least 4 members (excludes halogenated alkanes) is 1. The summed E-state index contributed by atoms with van der Waals surface area (Å²) >= 11 is 0. The van der Waals surface area contributed by atoms with Gasteiger partial charge in [-0.3, -0.25) is 9.59 Å². The molecule has 0 heterocycles. The average Bonchev–Trinajstić information content (AvgIpc) is 2.47. The van der Waals surface area contributed by atoms with Crippen molar-refractivity contribution in [2.45, 2.75) is 26.2 Å². The third-order valence-corrected chi connectivity index (χ3v) is 2.66. The fourth-order valence-corrected chi connectivity index (χ4v) is 1.69. The fraction of sp³-hybridized carbons (Fsp3) is 0.333. The van der Waals surface area contributed by atoms with Crippen molar-refractivity contribution in [1.29, 1.82) is 0 Å². The first-order chi connectivity index (χ1) is 10.9. The molecule has 1 rings (SSSR count). The van der Waals surface area contributed by atoms with E-state index in [-0.39, 0.29) is 13.0 Å².